The van der Waals surface area contributed by atoms with E-state index >= 15 is 0 Å². The van der Waals surface area contributed by atoms with E-state index in [0.29, 0.717) is 37.1 Å². The van der Waals surface area contributed by atoms with E-state index in [1.54, 1.807) is 28.4 Å². The standard InChI is InChI=1S/C48H51NO10/c1-52-41-27-36(25-34-15-8-10-17-39(34)41)46(54-3)58-43-29-49(48(50)51)30-44(59-47(55-4)37-26-35-16-9-11-18-40(35)42(28-37)53-2)45(43)33-19-21-38(22-20-33)57-24-12-23-56-31-32-13-6-5-7-14-32/h5-11,13-22,25-28,43-47H,12,23-24,29-31H2,1-4H3,(H,50,51)/t43-,44+,45?,46?,47?. The maximum absolute atomic E-state index is 12.8. The lowest BCUT2D eigenvalue weighted by Crippen LogP contribution is -2.54. The zero-order valence-electron chi connectivity index (χ0n) is 33.8. The van der Waals surface area contributed by atoms with Gasteiger partial charge in [-0.15, -0.1) is 0 Å². The molecule has 1 saturated heterocycles. The van der Waals surface area contributed by atoms with Crippen molar-refractivity contribution in [3.8, 4) is 17.2 Å². The number of rotatable bonds is 18. The van der Waals surface area contributed by atoms with Gasteiger partial charge >= 0.3 is 6.09 Å². The third kappa shape index (κ3) is 9.96. The molecule has 1 amide bonds. The number of nitrogens with zero attached hydrogens (tertiary/aromatic N) is 1. The summed E-state index contributed by atoms with van der Waals surface area (Å²) < 4.78 is 49.2. The molecule has 308 valence electrons. The highest BCUT2D eigenvalue weighted by molar-refractivity contribution is 5.90. The summed E-state index contributed by atoms with van der Waals surface area (Å²) in [6, 6.07) is 41.5. The number of ether oxygens (including phenoxy) is 8. The fourth-order valence-electron chi connectivity index (χ4n) is 7.78. The van der Waals surface area contributed by atoms with Crippen molar-refractivity contribution in [1.82, 2.24) is 4.90 Å². The van der Waals surface area contributed by atoms with Crippen molar-refractivity contribution in [2.45, 2.75) is 43.7 Å². The lowest BCUT2D eigenvalue weighted by Gasteiger charge is -2.44. The monoisotopic (exact) mass is 801 g/mol. The molecule has 0 bridgehead atoms. The minimum absolute atomic E-state index is 0.0626. The molecule has 1 heterocycles. The van der Waals surface area contributed by atoms with Gasteiger partial charge in [-0.25, -0.2) is 4.79 Å². The Bertz CT molecular complexity index is 2180. The summed E-state index contributed by atoms with van der Waals surface area (Å²) in [5.74, 6) is 1.57. The summed E-state index contributed by atoms with van der Waals surface area (Å²) in [6.45, 7) is 1.73. The summed E-state index contributed by atoms with van der Waals surface area (Å²) in [7, 11) is 6.39. The molecule has 1 N–H and O–H groups in total. The first-order valence-corrected chi connectivity index (χ1v) is 19.7. The molecule has 3 unspecified atom stereocenters. The molecular formula is C48H51NO10. The highest BCUT2D eigenvalue weighted by atomic mass is 16.7. The largest absolute Gasteiger partial charge is 0.496 e. The van der Waals surface area contributed by atoms with Crippen molar-refractivity contribution in [1.29, 1.82) is 0 Å². The molecule has 7 rings (SSSR count). The highest BCUT2D eigenvalue weighted by Crippen LogP contribution is 2.41. The lowest BCUT2D eigenvalue weighted by molar-refractivity contribution is -0.218. The van der Waals surface area contributed by atoms with Gasteiger partial charge in [0.15, 0.2) is 12.6 Å². The van der Waals surface area contributed by atoms with E-state index in [4.69, 9.17) is 37.9 Å². The first-order chi connectivity index (χ1) is 28.9. The van der Waals surface area contributed by atoms with E-state index in [1.165, 1.54) is 4.90 Å². The van der Waals surface area contributed by atoms with Gasteiger partial charge in [0.2, 0.25) is 0 Å². The molecule has 0 spiro atoms. The van der Waals surface area contributed by atoms with E-state index in [-0.39, 0.29) is 13.1 Å². The van der Waals surface area contributed by atoms with Crippen LogP contribution in [0.2, 0.25) is 0 Å². The van der Waals surface area contributed by atoms with Gasteiger partial charge in [-0.05, 0) is 58.3 Å². The number of amides is 1. The maximum atomic E-state index is 12.8. The molecule has 11 nitrogen and oxygen atoms in total. The van der Waals surface area contributed by atoms with Gasteiger partial charge in [-0.3, -0.25) is 0 Å². The van der Waals surface area contributed by atoms with E-state index in [2.05, 4.69) is 0 Å². The number of benzene rings is 6. The zero-order valence-corrected chi connectivity index (χ0v) is 33.8. The Morgan fingerprint density at radius 3 is 1.69 bits per heavy atom. The second-order valence-electron chi connectivity index (χ2n) is 14.4. The van der Waals surface area contributed by atoms with Gasteiger partial charge in [-0.2, -0.15) is 0 Å². The Kier molecular flexibility index (Phi) is 13.9. The van der Waals surface area contributed by atoms with Crippen molar-refractivity contribution in [2.75, 3.05) is 54.7 Å². The van der Waals surface area contributed by atoms with E-state index in [0.717, 1.165) is 50.2 Å². The highest BCUT2D eigenvalue weighted by Gasteiger charge is 2.43. The van der Waals surface area contributed by atoms with Crippen LogP contribution >= 0.6 is 0 Å². The Morgan fingerprint density at radius 2 is 1.19 bits per heavy atom. The van der Waals surface area contributed by atoms with Crippen molar-refractivity contribution in [3.05, 3.63) is 150 Å². The minimum Gasteiger partial charge on any atom is -0.496 e. The number of carboxylic acid groups (broad SMARTS) is 1. The summed E-state index contributed by atoms with van der Waals surface area (Å²) in [6.07, 6.45) is -3.54. The molecule has 1 aliphatic rings. The Hall–Kier alpha value is -5.69. The second kappa shape index (κ2) is 19.8. The van der Waals surface area contributed by atoms with Crippen LogP contribution in [0.15, 0.2) is 127 Å². The van der Waals surface area contributed by atoms with Gasteiger partial charge in [0.05, 0.1) is 59.3 Å². The Labute approximate surface area is 344 Å². The zero-order chi connectivity index (χ0) is 41.1. The third-order valence-corrected chi connectivity index (χ3v) is 10.7. The van der Waals surface area contributed by atoms with Gasteiger partial charge in [0.25, 0.3) is 0 Å². The van der Waals surface area contributed by atoms with Crippen LogP contribution in [0.5, 0.6) is 17.2 Å². The second-order valence-corrected chi connectivity index (χ2v) is 14.4. The predicted octanol–water partition coefficient (Wildman–Crippen LogP) is 9.53. The topological polar surface area (TPSA) is 114 Å². The molecular weight excluding hydrogens is 751 g/mol. The van der Waals surface area contributed by atoms with Crippen LogP contribution in [0, 0.1) is 0 Å². The first-order valence-electron chi connectivity index (χ1n) is 19.7. The van der Waals surface area contributed by atoms with Crippen molar-refractivity contribution in [2.24, 2.45) is 0 Å². The maximum Gasteiger partial charge on any atom is 0.407 e. The fraction of sp³-hybridized carbons (Fsp3) is 0.312. The Morgan fingerprint density at radius 1 is 0.661 bits per heavy atom. The normalized spacial score (nSPS) is 17.8. The van der Waals surface area contributed by atoms with E-state index in [1.807, 2.05) is 127 Å². The fourth-order valence-corrected chi connectivity index (χ4v) is 7.78. The number of piperidine rings is 1. The van der Waals surface area contributed by atoms with Gasteiger partial charge in [0.1, 0.15) is 17.2 Å². The molecule has 59 heavy (non-hydrogen) atoms. The van der Waals surface area contributed by atoms with Crippen LogP contribution < -0.4 is 14.2 Å². The quantitative estimate of drug-likeness (QED) is 0.0666. The van der Waals surface area contributed by atoms with Gasteiger partial charge < -0.3 is 47.9 Å². The molecule has 0 aliphatic carbocycles. The molecule has 0 saturated carbocycles. The molecule has 0 radical (unpaired) electrons. The van der Waals surface area contributed by atoms with Crippen molar-refractivity contribution < 1.29 is 47.8 Å². The molecule has 11 heteroatoms. The SMILES string of the molecule is COc1cc(C(OC)O[C@H]2CN(C(=O)O)C[C@@H](OC(OC)c3cc(OC)c4ccccc4c3)C2c2ccc(OCCCOCc3ccccc3)cc2)cc2ccccc12. The minimum atomic E-state index is -1.09. The van der Waals surface area contributed by atoms with Crippen LogP contribution in [-0.2, 0) is 30.3 Å². The van der Waals surface area contributed by atoms with E-state index in [9.17, 15) is 9.90 Å². The average molecular weight is 802 g/mol. The van der Waals surface area contributed by atoms with Crippen LogP contribution in [0.4, 0.5) is 4.79 Å². The number of likely N-dealkylation sites (tertiary alicyclic amines) is 1. The molecule has 1 fully saturated rings. The Balaban J connectivity index is 1.17. The molecule has 6 aromatic carbocycles. The van der Waals surface area contributed by atoms with Gasteiger partial charge in [-0.1, -0.05) is 91.0 Å². The average Bonchev–Trinajstić information content (AvgIpc) is 3.28. The van der Waals surface area contributed by atoms with E-state index < -0.39 is 36.8 Å². The molecule has 0 aromatic heterocycles. The smallest absolute Gasteiger partial charge is 0.407 e. The lowest BCUT2D eigenvalue weighted by atomic mass is 9.84. The summed E-state index contributed by atoms with van der Waals surface area (Å²) in [5.41, 5.74) is 3.45. The number of hydrogen-bond acceptors (Lipinski definition) is 9. The van der Waals surface area contributed by atoms with Crippen LogP contribution in [0.25, 0.3) is 21.5 Å². The summed E-state index contributed by atoms with van der Waals surface area (Å²) in [5, 5.41) is 14.3. The number of methoxy groups -OCH3 is 4. The summed E-state index contributed by atoms with van der Waals surface area (Å²) >= 11 is 0. The van der Waals surface area contributed by atoms with Crippen LogP contribution in [0.3, 0.4) is 0 Å². The number of fused-ring (bicyclic) bond motifs is 2. The van der Waals surface area contributed by atoms with Crippen molar-refractivity contribution in [3.63, 3.8) is 0 Å². The van der Waals surface area contributed by atoms with Crippen LogP contribution in [-0.4, -0.2) is 83.1 Å². The first kappa shape index (κ1) is 41.5. The van der Waals surface area contributed by atoms with Crippen molar-refractivity contribution >= 4 is 27.6 Å². The third-order valence-electron chi connectivity index (χ3n) is 10.7. The number of hydrogen-bond donors (Lipinski definition) is 1. The summed E-state index contributed by atoms with van der Waals surface area (Å²) in [4.78, 5) is 14.1. The number of carbonyl (C=O) groups is 1. The molecule has 5 atom stereocenters. The molecule has 6 aromatic rings. The predicted molar refractivity (Wildman–Crippen MR) is 225 cm³/mol. The molecule has 1 aliphatic heterocycles. The van der Waals surface area contributed by atoms with Gasteiger partial charge in [0, 0.05) is 48.5 Å². The van der Waals surface area contributed by atoms with Crippen LogP contribution in [0.1, 0.15) is 47.2 Å².